The molecule has 1 atom stereocenters. The van der Waals surface area contributed by atoms with Crippen LogP contribution in [-0.2, 0) is 10.0 Å². The topological polar surface area (TPSA) is 58.2 Å². The number of rotatable bonds is 5. The van der Waals surface area contributed by atoms with Crippen LogP contribution in [0, 0.1) is 5.41 Å². The van der Waals surface area contributed by atoms with Gasteiger partial charge < -0.3 is 5.32 Å². The SMILES string of the molecule is CCNc1ccccc1S(=O)(=O)NC1CCCC1(C)C. The van der Waals surface area contributed by atoms with E-state index in [1.54, 1.807) is 18.2 Å². The third-order valence-electron chi connectivity index (χ3n) is 4.10. The Morgan fingerprint density at radius 1 is 1.30 bits per heavy atom. The summed E-state index contributed by atoms with van der Waals surface area (Å²) < 4.78 is 28.1. The Morgan fingerprint density at radius 2 is 2.00 bits per heavy atom. The summed E-state index contributed by atoms with van der Waals surface area (Å²) >= 11 is 0. The van der Waals surface area contributed by atoms with Crippen LogP contribution < -0.4 is 10.0 Å². The third kappa shape index (κ3) is 3.15. The van der Waals surface area contributed by atoms with Crippen molar-refractivity contribution < 1.29 is 8.42 Å². The molecule has 2 rings (SSSR count). The molecule has 1 unspecified atom stereocenters. The number of para-hydroxylation sites is 1. The average Bonchev–Trinajstić information content (AvgIpc) is 2.69. The van der Waals surface area contributed by atoms with Gasteiger partial charge in [-0.1, -0.05) is 32.4 Å². The summed E-state index contributed by atoms with van der Waals surface area (Å²) in [5.41, 5.74) is 0.693. The largest absolute Gasteiger partial charge is 0.384 e. The van der Waals surface area contributed by atoms with Gasteiger partial charge in [-0.2, -0.15) is 0 Å². The number of sulfonamides is 1. The van der Waals surface area contributed by atoms with Gasteiger partial charge in [-0.15, -0.1) is 0 Å². The van der Waals surface area contributed by atoms with E-state index in [9.17, 15) is 8.42 Å². The Morgan fingerprint density at radius 3 is 2.60 bits per heavy atom. The van der Waals surface area contributed by atoms with Crippen LogP contribution >= 0.6 is 0 Å². The lowest BCUT2D eigenvalue weighted by molar-refractivity contribution is 0.313. The van der Waals surface area contributed by atoms with Gasteiger partial charge in [0.05, 0.1) is 5.69 Å². The zero-order chi connectivity index (χ0) is 14.8. The van der Waals surface area contributed by atoms with Crippen molar-refractivity contribution in [1.29, 1.82) is 0 Å². The standard InChI is InChI=1S/C15H24N2O2S/c1-4-16-12-8-5-6-9-13(12)20(18,19)17-14-10-7-11-15(14,2)3/h5-6,8-9,14,16-17H,4,7,10-11H2,1-3H3. The normalized spacial score (nSPS) is 21.9. The predicted molar refractivity (Wildman–Crippen MR) is 82.3 cm³/mol. The van der Waals surface area contributed by atoms with Crippen LogP contribution in [0.15, 0.2) is 29.2 Å². The van der Waals surface area contributed by atoms with Crippen molar-refractivity contribution >= 4 is 15.7 Å². The summed E-state index contributed by atoms with van der Waals surface area (Å²) in [6.07, 6.45) is 3.06. The van der Waals surface area contributed by atoms with E-state index in [0.717, 1.165) is 19.3 Å². The van der Waals surface area contributed by atoms with Crippen molar-refractivity contribution in [3.63, 3.8) is 0 Å². The van der Waals surface area contributed by atoms with Crippen LogP contribution in [0.5, 0.6) is 0 Å². The number of hydrogen-bond acceptors (Lipinski definition) is 3. The summed E-state index contributed by atoms with van der Waals surface area (Å²) in [4.78, 5) is 0.338. The fraction of sp³-hybridized carbons (Fsp3) is 0.600. The first-order valence-corrected chi connectivity index (χ1v) is 8.70. The molecule has 112 valence electrons. The molecule has 4 nitrogen and oxygen atoms in total. The van der Waals surface area contributed by atoms with E-state index in [0.29, 0.717) is 17.1 Å². The van der Waals surface area contributed by atoms with Gasteiger partial charge in [0.1, 0.15) is 4.90 Å². The molecule has 1 saturated carbocycles. The zero-order valence-electron chi connectivity index (χ0n) is 12.4. The molecule has 20 heavy (non-hydrogen) atoms. The first-order valence-electron chi connectivity index (χ1n) is 7.22. The highest BCUT2D eigenvalue weighted by molar-refractivity contribution is 7.89. The van der Waals surface area contributed by atoms with Gasteiger partial charge in [-0.05, 0) is 37.3 Å². The number of hydrogen-bond donors (Lipinski definition) is 2. The van der Waals surface area contributed by atoms with Gasteiger partial charge >= 0.3 is 0 Å². The van der Waals surface area contributed by atoms with E-state index in [1.807, 2.05) is 13.0 Å². The minimum absolute atomic E-state index is 0.0159. The molecule has 1 aliphatic rings. The minimum atomic E-state index is -3.48. The van der Waals surface area contributed by atoms with E-state index in [4.69, 9.17) is 0 Å². The van der Waals surface area contributed by atoms with Crippen molar-refractivity contribution in [3.05, 3.63) is 24.3 Å². The lowest BCUT2D eigenvalue weighted by Gasteiger charge is -2.28. The minimum Gasteiger partial charge on any atom is -0.384 e. The molecule has 0 aliphatic heterocycles. The first kappa shape index (κ1) is 15.3. The van der Waals surface area contributed by atoms with Crippen molar-refractivity contribution in [3.8, 4) is 0 Å². The fourth-order valence-corrected chi connectivity index (χ4v) is 4.46. The van der Waals surface area contributed by atoms with Crippen LogP contribution in [-0.4, -0.2) is 21.0 Å². The Hall–Kier alpha value is -1.07. The molecule has 0 aromatic heterocycles. The zero-order valence-corrected chi connectivity index (χ0v) is 13.3. The Kier molecular flexibility index (Phi) is 4.39. The number of benzene rings is 1. The molecular weight excluding hydrogens is 272 g/mol. The van der Waals surface area contributed by atoms with E-state index in [1.165, 1.54) is 0 Å². The van der Waals surface area contributed by atoms with E-state index < -0.39 is 10.0 Å². The molecule has 1 aliphatic carbocycles. The molecule has 1 aromatic carbocycles. The van der Waals surface area contributed by atoms with Crippen molar-refractivity contribution in [1.82, 2.24) is 4.72 Å². The molecule has 0 bridgehead atoms. The highest BCUT2D eigenvalue weighted by Crippen LogP contribution is 2.38. The highest BCUT2D eigenvalue weighted by atomic mass is 32.2. The molecule has 0 spiro atoms. The van der Waals surface area contributed by atoms with Gasteiger partial charge in [0, 0.05) is 12.6 Å². The summed E-state index contributed by atoms with van der Waals surface area (Å²) in [5, 5.41) is 3.11. The van der Waals surface area contributed by atoms with Crippen LogP contribution in [0.4, 0.5) is 5.69 Å². The molecule has 2 N–H and O–H groups in total. The lowest BCUT2D eigenvalue weighted by Crippen LogP contribution is -2.41. The summed E-state index contributed by atoms with van der Waals surface area (Å²) in [6, 6.07) is 7.08. The number of nitrogens with one attached hydrogen (secondary N) is 2. The molecule has 5 heteroatoms. The first-order chi connectivity index (χ1) is 9.37. The van der Waals surface area contributed by atoms with E-state index >= 15 is 0 Å². The van der Waals surface area contributed by atoms with Gasteiger partial charge in [0.2, 0.25) is 10.0 Å². The Labute approximate surface area is 122 Å². The second kappa shape index (κ2) is 5.74. The molecule has 1 fully saturated rings. The molecule has 0 heterocycles. The lowest BCUT2D eigenvalue weighted by atomic mass is 9.88. The maximum Gasteiger partial charge on any atom is 0.242 e. The monoisotopic (exact) mass is 296 g/mol. The molecule has 0 saturated heterocycles. The van der Waals surface area contributed by atoms with Gasteiger partial charge in [-0.3, -0.25) is 0 Å². The molecule has 1 aromatic rings. The summed E-state index contributed by atoms with van der Waals surface area (Å²) in [6.45, 7) is 6.91. The number of anilines is 1. The van der Waals surface area contributed by atoms with Crippen molar-refractivity contribution in [2.75, 3.05) is 11.9 Å². The highest BCUT2D eigenvalue weighted by Gasteiger charge is 2.37. The summed E-state index contributed by atoms with van der Waals surface area (Å²) in [7, 11) is -3.48. The Balaban J connectivity index is 2.27. The van der Waals surface area contributed by atoms with Crippen molar-refractivity contribution in [2.45, 2.75) is 51.0 Å². The fourth-order valence-electron chi connectivity index (χ4n) is 2.83. The van der Waals surface area contributed by atoms with Gasteiger partial charge in [0.25, 0.3) is 0 Å². The van der Waals surface area contributed by atoms with Gasteiger partial charge in [0.15, 0.2) is 0 Å². The van der Waals surface area contributed by atoms with Crippen LogP contribution in [0.2, 0.25) is 0 Å². The average molecular weight is 296 g/mol. The van der Waals surface area contributed by atoms with Crippen molar-refractivity contribution in [2.24, 2.45) is 5.41 Å². The Bertz CT molecular complexity index is 567. The maximum absolute atomic E-state index is 12.6. The van der Waals surface area contributed by atoms with Crippen LogP contribution in [0.3, 0.4) is 0 Å². The third-order valence-corrected chi connectivity index (χ3v) is 5.63. The molecule has 0 amide bonds. The summed E-state index contributed by atoms with van der Waals surface area (Å²) in [5.74, 6) is 0. The second-order valence-electron chi connectivity index (χ2n) is 6.08. The molecule has 0 radical (unpaired) electrons. The van der Waals surface area contributed by atoms with Gasteiger partial charge in [-0.25, -0.2) is 13.1 Å². The van der Waals surface area contributed by atoms with E-state index in [-0.39, 0.29) is 11.5 Å². The predicted octanol–water partition coefficient (Wildman–Crippen LogP) is 2.98. The maximum atomic E-state index is 12.6. The second-order valence-corrected chi connectivity index (χ2v) is 7.76. The quantitative estimate of drug-likeness (QED) is 0.878. The van der Waals surface area contributed by atoms with Crippen LogP contribution in [0.25, 0.3) is 0 Å². The smallest absolute Gasteiger partial charge is 0.242 e. The molecular formula is C15H24N2O2S. The van der Waals surface area contributed by atoms with E-state index in [2.05, 4.69) is 23.9 Å². The van der Waals surface area contributed by atoms with Crippen LogP contribution in [0.1, 0.15) is 40.0 Å².